The van der Waals surface area contributed by atoms with Gasteiger partial charge in [-0.15, -0.1) is 0 Å². The molecule has 1 heterocycles. The molecule has 172 valence electrons. The number of rotatable bonds is 8. The first-order chi connectivity index (χ1) is 15.7. The minimum Gasteiger partial charge on any atom is -0.469 e. The number of aryl methyl sites for hydroxylation is 3. The van der Waals surface area contributed by atoms with E-state index < -0.39 is 5.97 Å². The molecule has 0 saturated heterocycles. The van der Waals surface area contributed by atoms with Gasteiger partial charge in [0, 0.05) is 17.7 Å². The van der Waals surface area contributed by atoms with Crippen molar-refractivity contribution in [3.8, 4) is 5.69 Å². The normalized spacial score (nSPS) is 10.7. The topological polar surface area (TPSA) is 87.5 Å². The number of carbonyl (C=O) groups excluding carboxylic acids is 3. The minimum absolute atomic E-state index is 0.233. The second-order valence-corrected chi connectivity index (χ2v) is 8.00. The first-order valence-electron chi connectivity index (χ1n) is 10.7. The van der Waals surface area contributed by atoms with E-state index in [0.29, 0.717) is 17.5 Å². The van der Waals surface area contributed by atoms with Gasteiger partial charge >= 0.3 is 11.9 Å². The van der Waals surface area contributed by atoms with Crippen LogP contribution in [0.2, 0.25) is 0 Å². The predicted molar refractivity (Wildman–Crippen MR) is 124 cm³/mol. The summed E-state index contributed by atoms with van der Waals surface area (Å²) in [5.74, 6) is -1.06. The molecule has 0 unspecified atom stereocenters. The highest BCUT2D eigenvalue weighted by Gasteiger charge is 2.16. The summed E-state index contributed by atoms with van der Waals surface area (Å²) >= 11 is 0. The summed E-state index contributed by atoms with van der Waals surface area (Å²) in [7, 11) is 1.37. The summed E-state index contributed by atoms with van der Waals surface area (Å²) in [4.78, 5) is 36.4. The van der Waals surface area contributed by atoms with Crippen molar-refractivity contribution in [2.45, 2.75) is 40.5 Å². The Labute approximate surface area is 193 Å². The molecule has 0 aliphatic heterocycles. The van der Waals surface area contributed by atoms with E-state index in [1.807, 2.05) is 39.8 Å². The van der Waals surface area contributed by atoms with Gasteiger partial charge in [0.25, 0.3) is 0 Å². The molecule has 0 aliphatic rings. The predicted octanol–water partition coefficient (Wildman–Crippen LogP) is 4.25. The van der Waals surface area contributed by atoms with Crippen LogP contribution >= 0.6 is 0 Å². The number of ether oxygens (including phenoxy) is 2. The van der Waals surface area contributed by atoms with Crippen molar-refractivity contribution in [1.29, 1.82) is 0 Å². The number of ketones is 1. The number of hydrogen-bond acceptors (Lipinski definition) is 6. The molecule has 0 spiro atoms. The molecule has 0 N–H and O–H groups in total. The van der Waals surface area contributed by atoms with Gasteiger partial charge in [0.1, 0.15) is 0 Å². The van der Waals surface area contributed by atoms with Crippen LogP contribution in [0.3, 0.4) is 0 Å². The Kier molecular flexibility index (Phi) is 7.43. The van der Waals surface area contributed by atoms with Crippen LogP contribution in [0.5, 0.6) is 0 Å². The van der Waals surface area contributed by atoms with E-state index in [1.165, 1.54) is 7.11 Å². The quantitative estimate of drug-likeness (QED) is 0.378. The second-order valence-electron chi connectivity index (χ2n) is 8.00. The van der Waals surface area contributed by atoms with Gasteiger partial charge in [0.15, 0.2) is 6.61 Å². The lowest BCUT2D eigenvalue weighted by atomic mass is 10.0. The lowest BCUT2D eigenvalue weighted by Crippen LogP contribution is -2.15. The molecule has 0 bridgehead atoms. The highest BCUT2D eigenvalue weighted by Crippen LogP contribution is 2.20. The summed E-state index contributed by atoms with van der Waals surface area (Å²) in [5, 5.41) is 4.57. The number of esters is 2. The molecule has 0 amide bonds. The number of nitrogens with zero attached hydrogens (tertiary/aromatic N) is 2. The van der Waals surface area contributed by atoms with Gasteiger partial charge < -0.3 is 9.47 Å². The lowest BCUT2D eigenvalue weighted by molar-refractivity contribution is -0.140. The SMILES string of the molecule is COC(=O)CCc1c(C)nn(-c2ccc(C(=O)OCC(=O)c3cc(C)ccc3C)cc2)c1C. The Morgan fingerprint density at radius 2 is 1.67 bits per heavy atom. The maximum absolute atomic E-state index is 12.5. The highest BCUT2D eigenvalue weighted by molar-refractivity contribution is 6.00. The molecule has 0 fully saturated rings. The van der Waals surface area contributed by atoms with E-state index in [-0.39, 0.29) is 24.8 Å². The van der Waals surface area contributed by atoms with Gasteiger partial charge in [-0.1, -0.05) is 17.7 Å². The first-order valence-corrected chi connectivity index (χ1v) is 10.7. The van der Waals surface area contributed by atoms with Crippen LogP contribution in [-0.4, -0.2) is 41.2 Å². The van der Waals surface area contributed by atoms with Crippen molar-refractivity contribution in [3.63, 3.8) is 0 Å². The maximum Gasteiger partial charge on any atom is 0.338 e. The van der Waals surface area contributed by atoms with Crippen molar-refractivity contribution in [2.24, 2.45) is 0 Å². The van der Waals surface area contributed by atoms with E-state index in [1.54, 1.807) is 35.0 Å². The summed E-state index contributed by atoms with van der Waals surface area (Å²) in [6.07, 6.45) is 0.832. The largest absolute Gasteiger partial charge is 0.469 e. The van der Waals surface area contributed by atoms with Crippen LogP contribution < -0.4 is 0 Å². The standard InChI is InChI=1S/C26H28N2O5/c1-16-6-7-17(2)23(14-16)24(29)15-33-26(31)20-8-10-21(11-9-20)28-19(4)22(18(3)27-28)12-13-25(30)32-5/h6-11,14H,12-13,15H2,1-5H3. The summed E-state index contributed by atoms with van der Waals surface area (Å²) < 4.78 is 11.7. The molecule has 3 rings (SSSR count). The van der Waals surface area contributed by atoms with Crippen LogP contribution in [0.25, 0.3) is 5.69 Å². The number of aromatic nitrogens is 2. The van der Waals surface area contributed by atoms with E-state index in [2.05, 4.69) is 5.10 Å². The summed E-state index contributed by atoms with van der Waals surface area (Å²) in [6, 6.07) is 12.4. The van der Waals surface area contributed by atoms with Crippen molar-refractivity contribution in [1.82, 2.24) is 9.78 Å². The summed E-state index contributed by atoms with van der Waals surface area (Å²) in [5.41, 5.74) is 6.27. The fraction of sp³-hybridized carbons (Fsp3) is 0.308. The number of methoxy groups -OCH3 is 1. The highest BCUT2D eigenvalue weighted by atomic mass is 16.5. The molecule has 7 nitrogen and oxygen atoms in total. The molecule has 7 heteroatoms. The Bertz CT molecular complexity index is 1190. The average molecular weight is 449 g/mol. The zero-order valence-corrected chi connectivity index (χ0v) is 19.6. The third kappa shape index (κ3) is 5.55. The van der Waals surface area contributed by atoms with E-state index >= 15 is 0 Å². The Morgan fingerprint density at radius 3 is 2.33 bits per heavy atom. The van der Waals surface area contributed by atoms with Crippen molar-refractivity contribution >= 4 is 17.7 Å². The van der Waals surface area contributed by atoms with Gasteiger partial charge in [0.2, 0.25) is 5.78 Å². The molecule has 0 aliphatic carbocycles. The number of Topliss-reactive ketones (excluding diaryl/α,β-unsaturated/α-hetero) is 1. The molecular weight excluding hydrogens is 420 g/mol. The zero-order valence-electron chi connectivity index (χ0n) is 19.6. The molecule has 3 aromatic rings. The van der Waals surface area contributed by atoms with Crippen LogP contribution in [-0.2, 0) is 20.7 Å². The van der Waals surface area contributed by atoms with Crippen LogP contribution in [0, 0.1) is 27.7 Å². The van der Waals surface area contributed by atoms with E-state index in [0.717, 1.165) is 33.8 Å². The van der Waals surface area contributed by atoms with E-state index in [4.69, 9.17) is 9.47 Å². The molecule has 0 atom stereocenters. The number of carbonyl (C=O) groups is 3. The molecule has 2 aromatic carbocycles. The fourth-order valence-corrected chi connectivity index (χ4v) is 3.68. The Hall–Kier alpha value is -3.74. The third-order valence-corrected chi connectivity index (χ3v) is 5.62. The number of hydrogen-bond donors (Lipinski definition) is 0. The molecule has 33 heavy (non-hydrogen) atoms. The third-order valence-electron chi connectivity index (χ3n) is 5.62. The molecular formula is C26H28N2O5. The maximum atomic E-state index is 12.5. The van der Waals surface area contributed by atoms with Crippen molar-refractivity contribution in [2.75, 3.05) is 13.7 Å². The zero-order chi connectivity index (χ0) is 24.1. The van der Waals surface area contributed by atoms with Crippen LogP contribution in [0.1, 0.15) is 55.2 Å². The first kappa shape index (κ1) is 23.9. The van der Waals surface area contributed by atoms with Gasteiger partial charge in [-0.25, -0.2) is 9.48 Å². The molecule has 0 radical (unpaired) electrons. The summed E-state index contributed by atoms with van der Waals surface area (Å²) in [6.45, 7) is 7.29. The van der Waals surface area contributed by atoms with Gasteiger partial charge in [-0.3, -0.25) is 9.59 Å². The van der Waals surface area contributed by atoms with Crippen LogP contribution in [0.15, 0.2) is 42.5 Å². The lowest BCUT2D eigenvalue weighted by Gasteiger charge is -2.09. The van der Waals surface area contributed by atoms with Crippen LogP contribution in [0.4, 0.5) is 0 Å². The van der Waals surface area contributed by atoms with Crippen molar-refractivity contribution < 1.29 is 23.9 Å². The van der Waals surface area contributed by atoms with Gasteiger partial charge in [0.05, 0.1) is 24.1 Å². The van der Waals surface area contributed by atoms with Gasteiger partial charge in [-0.05, 0) is 75.6 Å². The Balaban J connectivity index is 1.67. The molecule has 0 saturated carbocycles. The smallest absolute Gasteiger partial charge is 0.338 e. The fourth-order valence-electron chi connectivity index (χ4n) is 3.68. The molecule has 1 aromatic heterocycles. The minimum atomic E-state index is -0.563. The van der Waals surface area contributed by atoms with E-state index in [9.17, 15) is 14.4 Å². The number of benzene rings is 2. The average Bonchev–Trinajstić information content (AvgIpc) is 3.10. The Morgan fingerprint density at radius 1 is 0.970 bits per heavy atom. The van der Waals surface area contributed by atoms with Gasteiger partial charge in [-0.2, -0.15) is 5.10 Å². The monoisotopic (exact) mass is 448 g/mol. The van der Waals surface area contributed by atoms with Crippen molar-refractivity contribution in [3.05, 3.63) is 81.7 Å². The second kappa shape index (κ2) is 10.3.